The summed E-state index contributed by atoms with van der Waals surface area (Å²) in [4.78, 5) is 11.9. The fourth-order valence-corrected chi connectivity index (χ4v) is 3.75. The summed E-state index contributed by atoms with van der Waals surface area (Å²) in [6.45, 7) is 1.53. The Kier molecular flexibility index (Phi) is 4.62. The van der Waals surface area contributed by atoms with Gasteiger partial charge in [-0.1, -0.05) is 11.6 Å². The van der Waals surface area contributed by atoms with E-state index in [1.54, 1.807) is 0 Å². The van der Waals surface area contributed by atoms with Crippen molar-refractivity contribution in [2.24, 2.45) is 0 Å². The molecule has 1 saturated carbocycles. The molecule has 7 heteroatoms. The molecule has 1 fully saturated rings. The van der Waals surface area contributed by atoms with Crippen LogP contribution in [0.15, 0.2) is 17.0 Å². The number of carbonyl (C=O) groups is 1. The van der Waals surface area contributed by atoms with E-state index in [1.807, 2.05) is 0 Å². The van der Waals surface area contributed by atoms with Crippen molar-refractivity contribution in [2.75, 3.05) is 0 Å². The van der Waals surface area contributed by atoms with Crippen molar-refractivity contribution in [3.8, 4) is 0 Å². The number of ether oxygens (including phenoxy) is 1. The topological polar surface area (TPSA) is 60.4 Å². The average Bonchev–Trinajstić information content (AvgIpc) is 2.83. The molecule has 1 aliphatic carbocycles. The summed E-state index contributed by atoms with van der Waals surface area (Å²) in [6, 6.07) is 2.61. The van der Waals surface area contributed by atoms with E-state index in [9.17, 15) is 13.2 Å². The van der Waals surface area contributed by atoms with Crippen molar-refractivity contribution < 1.29 is 17.9 Å². The van der Waals surface area contributed by atoms with Crippen LogP contribution in [-0.2, 0) is 13.8 Å². The van der Waals surface area contributed by atoms with Gasteiger partial charge in [0.1, 0.15) is 6.10 Å². The van der Waals surface area contributed by atoms with Gasteiger partial charge in [0, 0.05) is 15.7 Å². The molecule has 0 radical (unpaired) electrons. The van der Waals surface area contributed by atoms with Gasteiger partial charge < -0.3 is 4.74 Å². The first-order valence-electron chi connectivity index (χ1n) is 6.25. The van der Waals surface area contributed by atoms with Crippen LogP contribution in [-0.4, -0.2) is 20.5 Å². The molecule has 0 aliphatic heterocycles. The molecule has 1 aliphatic rings. The molecule has 4 nitrogen and oxygen atoms in total. The first kappa shape index (κ1) is 15.6. The Hall–Kier alpha value is -0.780. The summed E-state index contributed by atoms with van der Waals surface area (Å²) in [5.41, 5.74) is 0.422. The van der Waals surface area contributed by atoms with Gasteiger partial charge in [-0.25, -0.2) is 13.2 Å². The zero-order valence-corrected chi connectivity index (χ0v) is 13.2. The molecule has 20 heavy (non-hydrogen) atoms. The number of esters is 1. The first-order valence-corrected chi connectivity index (χ1v) is 8.93. The predicted octanol–water partition coefficient (Wildman–Crippen LogP) is 3.68. The van der Waals surface area contributed by atoms with E-state index in [0.29, 0.717) is 5.56 Å². The normalized spacial score (nSPS) is 16.4. The number of hydrogen-bond acceptors (Lipinski definition) is 4. The molecule has 1 aromatic carbocycles. The highest BCUT2D eigenvalue weighted by atomic mass is 35.7. The molecule has 0 amide bonds. The standard InChI is InChI=1S/C13H14Cl2O4S/c1-8-11(14)6-9(7-12(8)20(15,17)18)13(16)19-10-4-2-3-5-10/h6-7,10H,2-5H2,1H3. The highest BCUT2D eigenvalue weighted by molar-refractivity contribution is 8.13. The quantitative estimate of drug-likeness (QED) is 0.624. The minimum atomic E-state index is -3.96. The largest absolute Gasteiger partial charge is 0.459 e. The van der Waals surface area contributed by atoms with Crippen LogP contribution in [0.4, 0.5) is 0 Å². The molecule has 0 unspecified atom stereocenters. The number of benzene rings is 1. The number of carbonyl (C=O) groups excluding carboxylic acids is 1. The molecule has 1 aromatic rings. The van der Waals surface area contributed by atoms with E-state index in [2.05, 4.69) is 0 Å². The van der Waals surface area contributed by atoms with E-state index < -0.39 is 15.0 Å². The lowest BCUT2D eigenvalue weighted by atomic mass is 10.1. The number of rotatable bonds is 3. The van der Waals surface area contributed by atoms with Crippen molar-refractivity contribution in [1.82, 2.24) is 0 Å². The van der Waals surface area contributed by atoms with Crippen molar-refractivity contribution in [2.45, 2.75) is 43.6 Å². The van der Waals surface area contributed by atoms with Gasteiger partial charge in [0.2, 0.25) is 0 Å². The van der Waals surface area contributed by atoms with Gasteiger partial charge in [-0.3, -0.25) is 0 Å². The molecule has 0 saturated heterocycles. The van der Waals surface area contributed by atoms with Gasteiger partial charge in [0.15, 0.2) is 0 Å². The summed E-state index contributed by atoms with van der Waals surface area (Å²) in [6.07, 6.45) is 3.65. The van der Waals surface area contributed by atoms with Crippen LogP contribution in [0.3, 0.4) is 0 Å². The van der Waals surface area contributed by atoms with Crippen molar-refractivity contribution in [1.29, 1.82) is 0 Å². The Morgan fingerprint density at radius 3 is 2.45 bits per heavy atom. The van der Waals surface area contributed by atoms with Gasteiger partial charge in [-0.2, -0.15) is 0 Å². The Morgan fingerprint density at radius 2 is 1.90 bits per heavy atom. The third-order valence-electron chi connectivity index (χ3n) is 3.37. The molecular weight excluding hydrogens is 323 g/mol. The second-order valence-corrected chi connectivity index (χ2v) is 7.77. The minimum absolute atomic E-state index is 0.0985. The van der Waals surface area contributed by atoms with Gasteiger partial charge in [-0.15, -0.1) is 0 Å². The van der Waals surface area contributed by atoms with E-state index in [4.69, 9.17) is 27.0 Å². The van der Waals surface area contributed by atoms with E-state index in [-0.39, 0.29) is 21.6 Å². The summed E-state index contributed by atoms with van der Waals surface area (Å²) >= 11 is 5.95. The summed E-state index contributed by atoms with van der Waals surface area (Å²) in [7, 11) is 1.38. The van der Waals surface area contributed by atoms with Crippen LogP contribution in [0, 0.1) is 6.92 Å². The third kappa shape index (κ3) is 3.45. The van der Waals surface area contributed by atoms with Crippen LogP contribution < -0.4 is 0 Å². The van der Waals surface area contributed by atoms with E-state index in [0.717, 1.165) is 25.7 Å². The zero-order valence-electron chi connectivity index (χ0n) is 10.9. The molecule has 0 atom stereocenters. The zero-order chi connectivity index (χ0) is 14.9. The fraction of sp³-hybridized carbons (Fsp3) is 0.462. The predicted molar refractivity (Wildman–Crippen MR) is 76.9 cm³/mol. The smallest absolute Gasteiger partial charge is 0.338 e. The lowest BCUT2D eigenvalue weighted by molar-refractivity contribution is 0.0317. The SMILES string of the molecule is Cc1c(Cl)cc(C(=O)OC2CCCC2)cc1S(=O)(=O)Cl. The monoisotopic (exact) mass is 336 g/mol. The van der Waals surface area contributed by atoms with E-state index >= 15 is 0 Å². The summed E-state index contributed by atoms with van der Waals surface area (Å²) < 4.78 is 28.3. The Balaban J connectivity index is 2.32. The highest BCUT2D eigenvalue weighted by Crippen LogP contribution is 2.29. The fourth-order valence-electron chi connectivity index (χ4n) is 2.25. The molecule has 2 rings (SSSR count). The number of hydrogen-bond donors (Lipinski definition) is 0. The number of halogens is 2. The van der Waals surface area contributed by atoms with Gasteiger partial charge >= 0.3 is 5.97 Å². The second kappa shape index (κ2) is 5.92. The van der Waals surface area contributed by atoms with Crippen LogP contribution in [0.5, 0.6) is 0 Å². The summed E-state index contributed by atoms with van der Waals surface area (Å²) in [5.74, 6) is -0.569. The van der Waals surface area contributed by atoms with Crippen molar-refractivity contribution in [3.05, 3.63) is 28.3 Å². The molecule has 110 valence electrons. The second-order valence-electron chi connectivity index (χ2n) is 4.83. The first-order chi connectivity index (χ1) is 9.29. The lowest BCUT2D eigenvalue weighted by Gasteiger charge is -2.13. The van der Waals surface area contributed by atoms with Crippen molar-refractivity contribution in [3.63, 3.8) is 0 Å². The Bertz CT molecular complexity index is 634. The van der Waals surface area contributed by atoms with Crippen molar-refractivity contribution >= 4 is 37.3 Å². The molecule has 0 N–H and O–H groups in total. The maximum Gasteiger partial charge on any atom is 0.338 e. The van der Waals surface area contributed by atoms with E-state index in [1.165, 1.54) is 19.1 Å². The maximum absolute atomic E-state index is 12.0. The summed E-state index contributed by atoms with van der Waals surface area (Å²) in [5, 5.41) is 0.171. The maximum atomic E-state index is 12.0. The van der Waals surface area contributed by atoms with Gasteiger partial charge in [0.05, 0.1) is 10.5 Å². The Labute approximate surface area is 127 Å². The molecule has 0 spiro atoms. The lowest BCUT2D eigenvalue weighted by Crippen LogP contribution is -2.15. The van der Waals surface area contributed by atoms with Gasteiger partial charge in [-0.05, 0) is 50.3 Å². The molecule has 0 heterocycles. The molecular formula is C13H14Cl2O4S. The van der Waals surface area contributed by atoms with Crippen LogP contribution >= 0.6 is 22.3 Å². The van der Waals surface area contributed by atoms with Crippen LogP contribution in [0.25, 0.3) is 0 Å². The Morgan fingerprint density at radius 1 is 1.30 bits per heavy atom. The third-order valence-corrected chi connectivity index (χ3v) is 5.21. The molecule has 0 aromatic heterocycles. The molecule has 0 bridgehead atoms. The highest BCUT2D eigenvalue weighted by Gasteiger charge is 2.23. The van der Waals surface area contributed by atoms with Crippen LogP contribution in [0.1, 0.15) is 41.6 Å². The van der Waals surface area contributed by atoms with Crippen LogP contribution in [0.2, 0.25) is 5.02 Å². The minimum Gasteiger partial charge on any atom is -0.459 e. The van der Waals surface area contributed by atoms with Gasteiger partial charge in [0.25, 0.3) is 9.05 Å². The average molecular weight is 337 g/mol.